The molecule has 0 rings (SSSR count). The normalized spacial score (nSPS) is 10.9. The second-order valence-electron chi connectivity index (χ2n) is 1.56. The van der Waals surface area contributed by atoms with Crippen LogP contribution in [0.4, 0.5) is 4.79 Å². The van der Waals surface area contributed by atoms with Crippen molar-refractivity contribution in [2.45, 2.75) is 6.92 Å². The number of hydrogen-bond donors (Lipinski definition) is 2. The van der Waals surface area contributed by atoms with Gasteiger partial charge < -0.3 is 19.3 Å². The molecule has 0 aromatic heterocycles. The third-order valence-electron chi connectivity index (χ3n) is 0.660. The third-order valence-corrected chi connectivity index (χ3v) is 1.10. The van der Waals surface area contributed by atoms with E-state index in [4.69, 9.17) is 9.79 Å². The molecule has 0 aliphatic carbocycles. The van der Waals surface area contributed by atoms with E-state index in [0.29, 0.717) is 0 Å². The lowest BCUT2D eigenvalue weighted by Crippen LogP contribution is -2.09. The maximum atomic E-state index is 10.4. The largest absolute Gasteiger partial charge is 0.510 e. The Morgan fingerprint density at radius 3 is 2.42 bits per heavy atom. The minimum absolute atomic E-state index is 0.120. The zero-order chi connectivity index (χ0) is 9.61. The summed E-state index contributed by atoms with van der Waals surface area (Å²) in [7, 11) is -4.57. The van der Waals surface area contributed by atoms with Crippen molar-refractivity contribution in [3.05, 3.63) is 0 Å². The van der Waals surface area contributed by atoms with Crippen molar-refractivity contribution >= 4 is 14.0 Å². The summed E-state index contributed by atoms with van der Waals surface area (Å²) in [4.78, 5) is 26.6. The molecule has 72 valence electrons. The van der Waals surface area contributed by atoms with Crippen LogP contribution in [-0.4, -0.2) is 29.3 Å². The Morgan fingerprint density at radius 2 is 2.00 bits per heavy atom. The highest BCUT2D eigenvalue weighted by molar-refractivity contribution is 7.46. The van der Waals surface area contributed by atoms with Gasteiger partial charge in [0, 0.05) is 0 Å². The lowest BCUT2D eigenvalue weighted by Gasteiger charge is -2.05. The van der Waals surface area contributed by atoms with Crippen molar-refractivity contribution < 1.29 is 33.1 Å². The van der Waals surface area contributed by atoms with Gasteiger partial charge in [0.1, 0.15) is 0 Å². The highest BCUT2D eigenvalue weighted by Crippen LogP contribution is 2.35. The summed E-state index contributed by atoms with van der Waals surface area (Å²) in [5.74, 6) is 0. The second-order valence-corrected chi connectivity index (χ2v) is 2.80. The van der Waals surface area contributed by atoms with E-state index in [2.05, 4.69) is 14.0 Å². The first-order chi connectivity index (χ1) is 5.45. The molecule has 0 heterocycles. The monoisotopic (exact) mass is 200 g/mol. The van der Waals surface area contributed by atoms with E-state index in [9.17, 15) is 9.36 Å². The topological polar surface area (TPSA) is 102 Å². The SMILES string of the molecule is CCOC(=O)OCOP(=O)(O)O. The van der Waals surface area contributed by atoms with Gasteiger partial charge in [-0.05, 0) is 6.92 Å². The lowest BCUT2D eigenvalue weighted by molar-refractivity contribution is -0.00340. The molecule has 0 amide bonds. The number of phosphoric acid groups is 1. The van der Waals surface area contributed by atoms with Gasteiger partial charge in [0.15, 0.2) is 0 Å². The summed E-state index contributed by atoms with van der Waals surface area (Å²) in [5.41, 5.74) is 0. The number of carbonyl (C=O) groups is 1. The fourth-order valence-corrected chi connectivity index (χ4v) is 0.493. The number of rotatable bonds is 4. The minimum atomic E-state index is -4.57. The fourth-order valence-electron chi connectivity index (χ4n) is 0.303. The van der Waals surface area contributed by atoms with E-state index in [-0.39, 0.29) is 6.61 Å². The van der Waals surface area contributed by atoms with E-state index in [1.165, 1.54) is 0 Å². The summed E-state index contributed by atoms with van der Waals surface area (Å²) in [5, 5.41) is 0. The van der Waals surface area contributed by atoms with Gasteiger partial charge in [-0.2, -0.15) is 0 Å². The van der Waals surface area contributed by atoms with E-state index in [1.54, 1.807) is 6.92 Å². The summed E-state index contributed by atoms with van der Waals surface area (Å²) in [6.45, 7) is 0.850. The molecular weight excluding hydrogens is 191 g/mol. The van der Waals surface area contributed by atoms with Crippen molar-refractivity contribution in [3.63, 3.8) is 0 Å². The van der Waals surface area contributed by atoms with Gasteiger partial charge in [0.05, 0.1) is 6.61 Å². The van der Waals surface area contributed by atoms with Crippen molar-refractivity contribution in [1.29, 1.82) is 0 Å². The number of ether oxygens (including phenoxy) is 2. The minimum Gasteiger partial charge on any atom is -0.435 e. The van der Waals surface area contributed by atoms with E-state index >= 15 is 0 Å². The average molecular weight is 200 g/mol. The molecule has 8 heteroatoms. The summed E-state index contributed by atoms with van der Waals surface area (Å²) in [6.07, 6.45) is -1.04. The van der Waals surface area contributed by atoms with Crippen LogP contribution in [0.2, 0.25) is 0 Å². The summed E-state index contributed by atoms with van der Waals surface area (Å²) in [6, 6.07) is 0. The van der Waals surface area contributed by atoms with Gasteiger partial charge in [0.2, 0.25) is 6.79 Å². The Kier molecular flexibility index (Phi) is 4.84. The van der Waals surface area contributed by atoms with Gasteiger partial charge >= 0.3 is 14.0 Å². The van der Waals surface area contributed by atoms with Crippen molar-refractivity contribution in [2.24, 2.45) is 0 Å². The molecule has 0 fully saturated rings. The molecule has 2 N–H and O–H groups in total. The lowest BCUT2D eigenvalue weighted by atomic mass is 10.9. The second kappa shape index (κ2) is 5.10. The van der Waals surface area contributed by atoms with Gasteiger partial charge in [-0.15, -0.1) is 0 Å². The molecule has 0 saturated carbocycles. The van der Waals surface area contributed by atoms with Crippen molar-refractivity contribution in [1.82, 2.24) is 0 Å². The van der Waals surface area contributed by atoms with Crippen LogP contribution < -0.4 is 0 Å². The molecule has 0 radical (unpaired) electrons. The predicted molar refractivity (Wildman–Crippen MR) is 36.1 cm³/mol. The molecule has 0 aromatic carbocycles. The highest BCUT2D eigenvalue weighted by Gasteiger charge is 2.14. The Hall–Kier alpha value is -0.620. The summed E-state index contributed by atoms with van der Waals surface area (Å²) < 4.78 is 22.1. The van der Waals surface area contributed by atoms with Crippen LogP contribution in [0.25, 0.3) is 0 Å². The molecule has 12 heavy (non-hydrogen) atoms. The quantitative estimate of drug-likeness (QED) is 0.380. The van der Waals surface area contributed by atoms with Crippen LogP contribution in [0.3, 0.4) is 0 Å². The van der Waals surface area contributed by atoms with Crippen LogP contribution in [0.1, 0.15) is 6.92 Å². The fraction of sp³-hybridized carbons (Fsp3) is 0.750. The van der Waals surface area contributed by atoms with Gasteiger partial charge in [0.25, 0.3) is 0 Å². The molecule has 7 nitrogen and oxygen atoms in total. The Balaban J connectivity index is 3.44. The average Bonchev–Trinajstić information content (AvgIpc) is 1.84. The standard InChI is InChI=1S/C4H9O7P/c1-2-9-4(5)10-3-11-12(6,7)8/h2-3H2,1H3,(H2,6,7,8). The first kappa shape index (κ1) is 11.4. The Bertz CT molecular complexity index is 184. The molecule has 0 aromatic rings. The molecule has 0 atom stereocenters. The summed E-state index contributed by atoms with van der Waals surface area (Å²) >= 11 is 0. The maximum absolute atomic E-state index is 10.4. The molecular formula is C4H9O7P. The van der Waals surface area contributed by atoms with E-state index in [1.807, 2.05) is 0 Å². The van der Waals surface area contributed by atoms with E-state index < -0.39 is 20.8 Å². The highest BCUT2D eigenvalue weighted by atomic mass is 31.2. The maximum Gasteiger partial charge on any atom is 0.510 e. The molecule has 0 bridgehead atoms. The molecule has 0 saturated heterocycles. The van der Waals surface area contributed by atoms with Crippen LogP contribution in [0, 0.1) is 0 Å². The zero-order valence-corrected chi connectivity index (χ0v) is 7.19. The number of hydrogen-bond acceptors (Lipinski definition) is 5. The zero-order valence-electron chi connectivity index (χ0n) is 6.30. The van der Waals surface area contributed by atoms with E-state index in [0.717, 1.165) is 0 Å². The molecule has 0 aliphatic heterocycles. The van der Waals surface area contributed by atoms with Crippen LogP contribution >= 0.6 is 7.82 Å². The van der Waals surface area contributed by atoms with Crippen LogP contribution in [0.5, 0.6) is 0 Å². The van der Waals surface area contributed by atoms with Crippen LogP contribution in [-0.2, 0) is 18.6 Å². The molecule has 0 unspecified atom stereocenters. The first-order valence-electron chi connectivity index (χ1n) is 2.95. The number of phosphoric ester groups is 1. The van der Waals surface area contributed by atoms with Gasteiger partial charge in [-0.1, -0.05) is 0 Å². The van der Waals surface area contributed by atoms with Crippen molar-refractivity contribution in [2.75, 3.05) is 13.4 Å². The van der Waals surface area contributed by atoms with Crippen LogP contribution in [0.15, 0.2) is 0 Å². The molecule has 0 spiro atoms. The van der Waals surface area contributed by atoms with Crippen molar-refractivity contribution in [3.8, 4) is 0 Å². The Labute approximate surface area is 68.5 Å². The third kappa shape index (κ3) is 7.49. The first-order valence-corrected chi connectivity index (χ1v) is 4.48. The number of carbonyl (C=O) groups excluding carboxylic acids is 1. The smallest absolute Gasteiger partial charge is 0.435 e. The predicted octanol–water partition coefficient (Wildman–Crippen LogP) is 0.226. The molecule has 0 aliphatic rings. The Morgan fingerprint density at radius 1 is 1.42 bits per heavy atom. The van der Waals surface area contributed by atoms with Gasteiger partial charge in [-0.25, -0.2) is 13.9 Å². The van der Waals surface area contributed by atoms with Gasteiger partial charge in [-0.3, -0.25) is 0 Å².